The summed E-state index contributed by atoms with van der Waals surface area (Å²) in [6, 6.07) is 13.0. The number of aliphatic carboxylic acids is 2. The van der Waals surface area contributed by atoms with Gasteiger partial charge in [-0.2, -0.15) is 0 Å². The van der Waals surface area contributed by atoms with E-state index < -0.39 is 94.8 Å². The number of hydrogen-bond donors (Lipinski definition) is 9. The highest BCUT2D eigenvalue weighted by Gasteiger charge is 2.46. The van der Waals surface area contributed by atoms with E-state index in [-0.39, 0.29) is 40.0 Å². The van der Waals surface area contributed by atoms with Crippen molar-refractivity contribution < 1.29 is 79.3 Å². The number of ether oxygens (including phenoxy) is 3. The molecule has 0 fully saturated rings. The van der Waals surface area contributed by atoms with E-state index in [0.717, 1.165) is 54.6 Å². The van der Waals surface area contributed by atoms with E-state index in [0.29, 0.717) is 0 Å². The first-order valence-corrected chi connectivity index (χ1v) is 15.2. The van der Waals surface area contributed by atoms with Crippen molar-refractivity contribution in [3.05, 3.63) is 101 Å². The summed E-state index contributed by atoms with van der Waals surface area (Å²) in [5.41, 5.74) is 0.445. The predicted molar refractivity (Wildman–Crippen MR) is 175 cm³/mol. The molecule has 0 unspecified atom stereocenters. The SMILES string of the molecule is O=C(C=Cc1ccc(O)c2c1[C@H](C(=O)O[C@@H](Cc1ccc(O)c(O)c1)C(=O)O)[C@@H](c1ccc(O)c(O)c1)O2)O[C@@H](Cc1ccc(O)c(O)c1)C(=O)O. The van der Waals surface area contributed by atoms with Crippen molar-refractivity contribution in [2.24, 2.45) is 0 Å². The number of carbonyl (C=O) groups excluding carboxylic acids is 2. The Hall–Kier alpha value is -7.10. The summed E-state index contributed by atoms with van der Waals surface area (Å²) in [4.78, 5) is 50.9. The van der Waals surface area contributed by atoms with Crippen LogP contribution in [0.25, 0.3) is 6.08 Å². The number of phenols is 7. The molecule has 0 amide bonds. The number of hydrogen-bond acceptors (Lipinski definition) is 14. The summed E-state index contributed by atoms with van der Waals surface area (Å²) in [5.74, 6) is -10.8. The summed E-state index contributed by atoms with van der Waals surface area (Å²) in [6.07, 6.45) is -3.85. The fourth-order valence-corrected chi connectivity index (χ4v) is 5.49. The van der Waals surface area contributed by atoms with E-state index >= 15 is 0 Å². The van der Waals surface area contributed by atoms with Crippen LogP contribution in [0.5, 0.6) is 46.0 Å². The van der Waals surface area contributed by atoms with Crippen LogP contribution in [0.2, 0.25) is 0 Å². The Kier molecular flexibility index (Phi) is 10.3. The highest BCUT2D eigenvalue weighted by atomic mass is 16.6. The number of fused-ring (bicyclic) bond motifs is 1. The van der Waals surface area contributed by atoms with Gasteiger partial charge in [0.05, 0.1) is 0 Å². The van der Waals surface area contributed by atoms with Crippen LogP contribution in [0.1, 0.15) is 39.8 Å². The number of esters is 2. The number of carbonyl (C=O) groups is 4. The smallest absolute Gasteiger partial charge is 0.345 e. The Bertz CT molecular complexity index is 2090. The molecule has 1 aliphatic heterocycles. The van der Waals surface area contributed by atoms with Gasteiger partial charge in [-0.05, 0) is 70.8 Å². The van der Waals surface area contributed by atoms with Crippen LogP contribution in [0.4, 0.5) is 0 Å². The molecule has 0 aromatic heterocycles. The second-order valence-corrected chi connectivity index (χ2v) is 11.6. The predicted octanol–water partition coefficient (Wildman–Crippen LogP) is 3.33. The van der Waals surface area contributed by atoms with Crippen LogP contribution in [-0.4, -0.2) is 82.0 Å². The molecule has 270 valence electrons. The molecular weight excluding hydrogens is 688 g/mol. The molecule has 4 aromatic carbocycles. The first kappa shape index (κ1) is 36.2. The van der Waals surface area contributed by atoms with E-state index in [9.17, 15) is 65.1 Å². The number of phenolic OH excluding ortho intramolecular Hbond substituents is 7. The molecule has 52 heavy (non-hydrogen) atoms. The Balaban J connectivity index is 1.47. The van der Waals surface area contributed by atoms with E-state index in [1.807, 2.05) is 0 Å². The van der Waals surface area contributed by atoms with Gasteiger partial charge in [0, 0.05) is 24.5 Å². The zero-order chi connectivity index (χ0) is 37.9. The minimum Gasteiger partial charge on any atom is -0.504 e. The summed E-state index contributed by atoms with van der Waals surface area (Å²) in [7, 11) is 0. The normalized spacial score (nSPS) is 16.0. The lowest BCUT2D eigenvalue weighted by atomic mass is 9.87. The second kappa shape index (κ2) is 14.8. The van der Waals surface area contributed by atoms with Gasteiger partial charge in [0.1, 0.15) is 12.0 Å². The summed E-state index contributed by atoms with van der Waals surface area (Å²) in [6.45, 7) is 0. The minimum absolute atomic E-state index is 0.0443. The molecule has 0 spiro atoms. The molecule has 0 radical (unpaired) electrons. The molecule has 0 saturated carbocycles. The van der Waals surface area contributed by atoms with E-state index in [1.165, 1.54) is 24.3 Å². The summed E-state index contributed by atoms with van der Waals surface area (Å²) >= 11 is 0. The Morgan fingerprint density at radius 1 is 0.635 bits per heavy atom. The Morgan fingerprint density at radius 2 is 1.13 bits per heavy atom. The first-order chi connectivity index (χ1) is 24.6. The van der Waals surface area contributed by atoms with Crippen molar-refractivity contribution in [3.63, 3.8) is 0 Å². The van der Waals surface area contributed by atoms with Crippen LogP contribution in [0.3, 0.4) is 0 Å². The maximum absolute atomic E-state index is 13.9. The van der Waals surface area contributed by atoms with Gasteiger partial charge >= 0.3 is 23.9 Å². The number of carboxylic acid groups (broad SMARTS) is 2. The van der Waals surface area contributed by atoms with Crippen molar-refractivity contribution in [1.82, 2.24) is 0 Å². The highest BCUT2D eigenvalue weighted by molar-refractivity contribution is 5.92. The molecule has 4 atom stereocenters. The van der Waals surface area contributed by atoms with Gasteiger partial charge < -0.3 is 60.2 Å². The topological polar surface area (TPSA) is 278 Å². The van der Waals surface area contributed by atoms with E-state index in [4.69, 9.17) is 14.2 Å². The Morgan fingerprint density at radius 3 is 1.65 bits per heavy atom. The van der Waals surface area contributed by atoms with Crippen molar-refractivity contribution in [2.45, 2.75) is 37.1 Å². The number of benzene rings is 4. The number of carboxylic acids is 2. The fourth-order valence-electron chi connectivity index (χ4n) is 5.49. The zero-order valence-corrected chi connectivity index (χ0v) is 26.6. The molecule has 4 aromatic rings. The van der Waals surface area contributed by atoms with Crippen molar-refractivity contribution in [2.75, 3.05) is 0 Å². The monoisotopic (exact) mass is 718 g/mol. The quantitative estimate of drug-likeness (QED) is 0.0577. The van der Waals surface area contributed by atoms with Crippen LogP contribution >= 0.6 is 0 Å². The van der Waals surface area contributed by atoms with Gasteiger partial charge in [-0.15, -0.1) is 0 Å². The molecule has 1 aliphatic rings. The largest absolute Gasteiger partial charge is 0.504 e. The van der Waals surface area contributed by atoms with Crippen LogP contribution in [0, 0.1) is 0 Å². The lowest BCUT2D eigenvalue weighted by molar-refractivity contribution is -0.166. The van der Waals surface area contributed by atoms with Gasteiger partial charge in [0.25, 0.3) is 0 Å². The molecular formula is C36H30O16. The number of aromatic hydroxyl groups is 7. The van der Waals surface area contributed by atoms with E-state index in [1.54, 1.807) is 0 Å². The molecule has 1 heterocycles. The second-order valence-electron chi connectivity index (χ2n) is 11.6. The lowest BCUT2D eigenvalue weighted by Gasteiger charge is -2.22. The van der Waals surface area contributed by atoms with Crippen molar-refractivity contribution >= 4 is 30.0 Å². The maximum atomic E-state index is 13.9. The van der Waals surface area contributed by atoms with Gasteiger partial charge in [-0.25, -0.2) is 14.4 Å². The zero-order valence-electron chi connectivity index (χ0n) is 26.6. The average molecular weight is 719 g/mol. The minimum atomic E-state index is -1.84. The average Bonchev–Trinajstić information content (AvgIpc) is 3.50. The first-order valence-electron chi connectivity index (χ1n) is 15.2. The van der Waals surface area contributed by atoms with Crippen molar-refractivity contribution in [3.8, 4) is 46.0 Å². The highest BCUT2D eigenvalue weighted by Crippen LogP contribution is 2.53. The standard InChI is InChI=1S/C36H30O16/c37-20-6-1-16(11-24(20)41)13-27(34(45)46)50-29(44)10-5-18-3-9-23(40)33-30(18)31(32(52-33)19-4-8-22(39)26(43)15-19)36(49)51-28(35(47)48)14-17-2-7-21(38)25(42)12-17/h1-12,15,27-28,31-32,37-43H,13-14H2,(H,45,46)(H,47,48)/t27-,28-,31-,32+/m0/s1. The third-order valence-corrected chi connectivity index (χ3v) is 8.04. The fraction of sp³-hybridized carbons (Fsp3) is 0.167. The molecule has 5 rings (SSSR count). The lowest BCUT2D eigenvalue weighted by Crippen LogP contribution is -2.33. The molecule has 9 N–H and O–H groups in total. The summed E-state index contributed by atoms with van der Waals surface area (Å²) in [5, 5.41) is 89.1. The van der Waals surface area contributed by atoms with Gasteiger partial charge in [0.2, 0.25) is 12.2 Å². The molecule has 0 bridgehead atoms. The van der Waals surface area contributed by atoms with Crippen LogP contribution in [-0.2, 0) is 41.5 Å². The van der Waals surface area contributed by atoms with Gasteiger partial charge in [-0.3, -0.25) is 4.79 Å². The molecule has 0 saturated heterocycles. The van der Waals surface area contributed by atoms with Crippen molar-refractivity contribution in [1.29, 1.82) is 0 Å². The third kappa shape index (κ3) is 7.86. The van der Waals surface area contributed by atoms with Gasteiger partial charge in [-0.1, -0.05) is 24.3 Å². The molecule has 0 aliphatic carbocycles. The summed E-state index contributed by atoms with van der Waals surface area (Å²) < 4.78 is 16.5. The molecule has 16 heteroatoms. The maximum Gasteiger partial charge on any atom is 0.345 e. The van der Waals surface area contributed by atoms with Crippen LogP contribution < -0.4 is 4.74 Å². The third-order valence-electron chi connectivity index (χ3n) is 8.04. The number of rotatable bonds is 12. The molecule has 16 nitrogen and oxygen atoms in total. The van der Waals surface area contributed by atoms with E-state index in [2.05, 4.69) is 0 Å². The van der Waals surface area contributed by atoms with Crippen LogP contribution in [0.15, 0.2) is 72.8 Å². The van der Waals surface area contributed by atoms with Gasteiger partial charge in [0.15, 0.2) is 46.0 Å². The Labute approximate surface area is 292 Å².